The Morgan fingerprint density at radius 3 is 2.67 bits per heavy atom. The molecule has 1 N–H and O–H groups in total. The van der Waals surface area contributed by atoms with Crippen molar-refractivity contribution < 1.29 is 9.53 Å². The van der Waals surface area contributed by atoms with Crippen LogP contribution in [-0.2, 0) is 4.74 Å². The van der Waals surface area contributed by atoms with Crippen LogP contribution in [0.2, 0.25) is 0 Å². The molecule has 0 radical (unpaired) electrons. The zero-order chi connectivity index (χ0) is 17.4. The van der Waals surface area contributed by atoms with Crippen molar-refractivity contribution in [2.45, 2.75) is 20.3 Å². The van der Waals surface area contributed by atoms with Crippen molar-refractivity contribution in [1.29, 1.82) is 0 Å². The molecule has 0 saturated heterocycles. The maximum absolute atomic E-state index is 12.0. The molecule has 0 aliphatic heterocycles. The monoisotopic (exact) mass is 328 g/mol. The van der Waals surface area contributed by atoms with Crippen LogP contribution in [-0.4, -0.2) is 42.7 Å². The molecule has 0 aliphatic rings. The van der Waals surface area contributed by atoms with Crippen LogP contribution in [0.1, 0.15) is 29.3 Å². The fourth-order valence-corrected chi connectivity index (χ4v) is 2.33. The standard InChI is InChI=1S/C18H24N4O2/c1-4-22(16-8-5-7-14(2)11-16)18-20-12-15(13-21-18)17(23)19-9-6-10-24-3/h5,7-8,11-13H,4,6,9-10H2,1-3H3,(H,19,23). The summed E-state index contributed by atoms with van der Waals surface area (Å²) in [5.41, 5.74) is 2.67. The van der Waals surface area contributed by atoms with Gasteiger partial charge in [0.25, 0.3) is 5.91 Å². The number of nitrogens with zero attached hydrogens (tertiary/aromatic N) is 3. The number of carbonyl (C=O) groups is 1. The second-order valence-corrected chi connectivity index (χ2v) is 5.46. The van der Waals surface area contributed by atoms with Crippen LogP contribution in [0.4, 0.5) is 11.6 Å². The predicted molar refractivity (Wildman–Crippen MR) is 94.7 cm³/mol. The average Bonchev–Trinajstić information content (AvgIpc) is 2.60. The van der Waals surface area contributed by atoms with Gasteiger partial charge in [-0.2, -0.15) is 0 Å². The van der Waals surface area contributed by atoms with Gasteiger partial charge in [-0.1, -0.05) is 12.1 Å². The first-order valence-corrected chi connectivity index (χ1v) is 8.09. The molecule has 1 amide bonds. The molecule has 1 aromatic heterocycles. The summed E-state index contributed by atoms with van der Waals surface area (Å²) in [6, 6.07) is 8.17. The first kappa shape index (κ1) is 17.9. The van der Waals surface area contributed by atoms with E-state index in [1.807, 2.05) is 24.0 Å². The van der Waals surface area contributed by atoms with Gasteiger partial charge in [-0.25, -0.2) is 9.97 Å². The van der Waals surface area contributed by atoms with Crippen molar-refractivity contribution in [2.24, 2.45) is 0 Å². The maximum atomic E-state index is 12.0. The molecular formula is C18H24N4O2. The summed E-state index contributed by atoms with van der Waals surface area (Å²) in [6.45, 7) is 6.03. The molecule has 0 aliphatic carbocycles. The van der Waals surface area contributed by atoms with E-state index in [4.69, 9.17) is 4.74 Å². The molecule has 0 saturated carbocycles. The van der Waals surface area contributed by atoms with E-state index < -0.39 is 0 Å². The van der Waals surface area contributed by atoms with Crippen molar-refractivity contribution in [3.63, 3.8) is 0 Å². The molecule has 6 nitrogen and oxygen atoms in total. The number of methoxy groups -OCH3 is 1. The zero-order valence-electron chi connectivity index (χ0n) is 14.5. The molecule has 0 spiro atoms. The Morgan fingerprint density at radius 1 is 1.29 bits per heavy atom. The topological polar surface area (TPSA) is 67.4 Å². The molecule has 24 heavy (non-hydrogen) atoms. The highest BCUT2D eigenvalue weighted by Crippen LogP contribution is 2.22. The summed E-state index contributed by atoms with van der Waals surface area (Å²) >= 11 is 0. The molecule has 0 unspecified atom stereocenters. The summed E-state index contributed by atoms with van der Waals surface area (Å²) in [5, 5.41) is 2.82. The number of hydrogen-bond donors (Lipinski definition) is 1. The van der Waals surface area contributed by atoms with E-state index in [1.165, 1.54) is 5.56 Å². The minimum atomic E-state index is -0.170. The van der Waals surface area contributed by atoms with Gasteiger partial charge in [0, 0.05) is 44.9 Å². The van der Waals surface area contributed by atoms with Crippen molar-refractivity contribution >= 4 is 17.5 Å². The highest BCUT2D eigenvalue weighted by molar-refractivity contribution is 5.93. The van der Waals surface area contributed by atoms with Gasteiger partial charge >= 0.3 is 0 Å². The number of anilines is 2. The Morgan fingerprint density at radius 2 is 2.04 bits per heavy atom. The van der Waals surface area contributed by atoms with Gasteiger partial charge in [0.15, 0.2) is 0 Å². The minimum absolute atomic E-state index is 0.170. The Balaban J connectivity index is 2.06. The Labute approximate surface area is 142 Å². The summed E-state index contributed by atoms with van der Waals surface area (Å²) in [7, 11) is 1.64. The lowest BCUT2D eigenvalue weighted by atomic mass is 10.2. The molecule has 6 heteroatoms. The largest absolute Gasteiger partial charge is 0.385 e. The van der Waals surface area contributed by atoms with E-state index in [-0.39, 0.29) is 5.91 Å². The van der Waals surface area contributed by atoms with Gasteiger partial charge in [-0.15, -0.1) is 0 Å². The van der Waals surface area contributed by atoms with Crippen molar-refractivity contribution in [2.75, 3.05) is 31.7 Å². The van der Waals surface area contributed by atoms with Gasteiger partial charge in [-0.05, 0) is 38.0 Å². The number of ether oxygens (including phenoxy) is 1. The second kappa shape index (κ2) is 8.98. The summed E-state index contributed by atoms with van der Waals surface area (Å²) in [6.07, 6.45) is 3.90. The third kappa shape index (κ3) is 4.76. The second-order valence-electron chi connectivity index (χ2n) is 5.46. The van der Waals surface area contributed by atoms with Crippen LogP contribution in [0.5, 0.6) is 0 Å². The van der Waals surface area contributed by atoms with Crippen molar-refractivity contribution in [3.8, 4) is 0 Å². The van der Waals surface area contributed by atoms with Crippen LogP contribution in [0, 0.1) is 6.92 Å². The molecule has 128 valence electrons. The van der Waals surface area contributed by atoms with Gasteiger partial charge in [0.05, 0.1) is 5.56 Å². The first-order valence-electron chi connectivity index (χ1n) is 8.09. The number of carbonyl (C=O) groups excluding carboxylic acids is 1. The van der Waals surface area contributed by atoms with E-state index in [0.29, 0.717) is 24.7 Å². The number of aromatic nitrogens is 2. The number of hydrogen-bond acceptors (Lipinski definition) is 5. The highest BCUT2D eigenvalue weighted by Gasteiger charge is 2.12. The zero-order valence-corrected chi connectivity index (χ0v) is 14.5. The maximum Gasteiger partial charge on any atom is 0.254 e. The average molecular weight is 328 g/mol. The number of rotatable bonds is 8. The quantitative estimate of drug-likeness (QED) is 0.755. The highest BCUT2D eigenvalue weighted by atomic mass is 16.5. The van der Waals surface area contributed by atoms with Crippen molar-refractivity contribution in [3.05, 3.63) is 47.8 Å². The van der Waals surface area contributed by atoms with E-state index >= 15 is 0 Å². The Kier molecular flexibility index (Phi) is 6.69. The van der Waals surface area contributed by atoms with Gasteiger partial charge in [0.2, 0.25) is 5.95 Å². The van der Waals surface area contributed by atoms with Crippen LogP contribution in [0.3, 0.4) is 0 Å². The molecule has 0 bridgehead atoms. The Bertz CT molecular complexity index is 658. The summed E-state index contributed by atoms with van der Waals surface area (Å²) < 4.78 is 4.95. The molecule has 2 aromatic rings. The molecule has 1 heterocycles. The van der Waals surface area contributed by atoms with Crippen LogP contribution in [0.25, 0.3) is 0 Å². The molecule has 1 aromatic carbocycles. The summed E-state index contributed by atoms with van der Waals surface area (Å²) in [5.74, 6) is 0.412. The van der Waals surface area contributed by atoms with Crippen LogP contribution in [0.15, 0.2) is 36.7 Å². The van der Waals surface area contributed by atoms with Gasteiger partial charge in [-0.3, -0.25) is 4.79 Å². The molecule has 2 rings (SSSR count). The number of amides is 1. The predicted octanol–water partition coefficient (Wildman–Crippen LogP) is 2.71. The fraction of sp³-hybridized carbons (Fsp3) is 0.389. The number of nitrogens with one attached hydrogen (secondary N) is 1. The molecule has 0 fully saturated rings. The first-order chi connectivity index (χ1) is 11.7. The number of aryl methyl sites for hydroxylation is 1. The smallest absolute Gasteiger partial charge is 0.254 e. The van der Waals surface area contributed by atoms with Gasteiger partial charge in [0.1, 0.15) is 0 Å². The number of benzene rings is 1. The van der Waals surface area contributed by atoms with Crippen LogP contribution < -0.4 is 10.2 Å². The third-order valence-electron chi connectivity index (χ3n) is 3.58. The lowest BCUT2D eigenvalue weighted by molar-refractivity contribution is 0.0948. The van der Waals surface area contributed by atoms with Crippen molar-refractivity contribution in [1.82, 2.24) is 15.3 Å². The lowest BCUT2D eigenvalue weighted by Gasteiger charge is -2.21. The third-order valence-corrected chi connectivity index (χ3v) is 3.58. The van der Waals surface area contributed by atoms with E-state index in [1.54, 1.807) is 19.5 Å². The molecule has 0 atom stereocenters. The Hall–Kier alpha value is -2.47. The normalized spacial score (nSPS) is 10.5. The lowest BCUT2D eigenvalue weighted by Crippen LogP contribution is -2.26. The van der Waals surface area contributed by atoms with Gasteiger partial charge < -0.3 is 15.0 Å². The van der Waals surface area contributed by atoms with Crippen LogP contribution >= 0.6 is 0 Å². The van der Waals surface area contributed by atoms with E-state index in [2.05, 4.69) is 34.3 Å². The minimum Gasteiger partial charge on any atom is -0.385 e. The van der Waals surface area contributed by atoms with E-state index in [9.17, 15) is 4.79 Å². The fourth-order valence-electron chi connectivity index (χ4n) is 2.33. The van der Waals surface area contributed by atoms with E-state index in [0.717, 1.165) is 18.7 Å². The SMILES string of the molecule is CCN(c1cccc(C)c1)c1ncc(C(=O)NCCCOC)cn1. The molecular weight excluding hydrogens is 304 g/mol. The summed E-state index contributed by atoms with van der Waals surface area (Å²) in [4.78, 5) is 22.7.